The Bertz CT molecular complexity index is 1210. The maximum atomic E-state index is 13.0. The number of carbonyl (C=O) groups excluding carboxylic acids is 1. The molecule has 6 nitrogen and oxygen atoms in total. The van der Waals surface area contributed by atoms with E-state index in [0.717, 1.165) is 25.3 Å². The van der Waals surface area contributed by atoms with Gasteiger partial charge in [-0.15, -0.1) is 0 Å². The van der Waals surface area contributed by atoms with E-state index in [1.54, 1.807) is 30.3 Å². The number of anilines is 2. The van der Waals surface area contributed by atoms with Crippen molar-refractivity contribution in [1.29, 1.82) is 0 Å². The standard InChI is InChI=1S/C20H16F3N3O3S/c1-12(27)16-18(24-15-10-6-9-14(11-15)20(21,22)23)25-17(13-7-4-3-5-8-13)26-19(16)30(2,28)29/h3-11H,1-2H3,(H,24,25,26). The first-order valence-electron chi connectivity index (χ1n) is 8.59. The Morgan fingerprint density at radius 2 is 1.67 bits per heavy atom. The maximum Gasteiger partial charge on any atom is 0.416 e. The Hall–Kier alpha value is -3.27. The zero-order valence-electron chi connectivity index (χ0n) is 15.9. The first kappa shape index (κ1) is 21.4. The fourth-order valence-electron chi connectivity index (χ4n) is 2.74. The lowest BCUT2D eigenvalue weighted by Gasteiger charge is -2.15. The van der Waals surface area contributed by atoms with E-state index in [4.69, 9.17) is 0 Å². The number of nitrogens with zero attached hydrogens (tertiary/aromatic N) is 2. The third-order valence-electron chi connectivity index (χ3n) is 4.06. The van der Waals surface area contributed by atoms with E-state index in [9.17, 15) is 26.4 Å². The molecule has 1 N–H and O–H groups in total. The van der Waals surface area contributed by atoms with E-state index in [-0.39, 0.29) is 22.9 Å². The quantitative estimate of drug-likeness (QED) is 0.469. The highest BCUT2D eigenvalue weighted by Crippen LogP contribution is 2.33. The number of ketones is 1. The molecular weight excluding hydrogens is 419 g/mol. The van der Waals surface area contributed by atoms with Gasteiger partial charge in [-0.2, -0.15) is 13.2 Å². The molecule has 0 saturated carbocycles. The largest absolute Gasteiger partial charge is 0.416 e. The van der Waals surface area contributed by atoms with Crippen LogP contribution in [0.15, 0.2) is 59.6 Å². The molecule has 0 fully saturated rings. The van der Waals surface area contributed by atoms with Crippen molar-refractivity contribution in [3.05, 3.63) is 65.7 Å². The zero-order valence-corrected chi connectivity index (χ0v) is 16.7. The lowest BCUT2D eigenvalue weighted by molar-refractivity contribution is -0.137. The summed E-state index contributed by atoms with van der Waals surface area (Å²) in [6, 6.07) is 12.7. The summed E-state index contributed by atoms with van der Waals surface area (Å²) in [6.45, 7) is 1.13. The molecule has 0 spiro atoms. The van der Waals surface area contributed by atoms with E-state index < -0.39 is 32.4 Å². The predicted molar refractivity (Wildman–Crippen MR) is 105 cm³/mol. The van der Waals surface area contributed by atoms with Crippen LogP contribution in [0.4, 0.5) is 24.7 Å². The molecule has 0 unspecified atom stereocenters. The Morgan fingerprint density at radius 3 is 2.23 bits per heavy atom. The fourth-order valence-corrected chi connectivity index (χ4v) is 3.61. The van der Waals surface area contributed by atoms with Crippen molar-refractivity contribution in [3.63, 3.8) is 0 Å². The molecule has 3 rings (SSSR count). The van der Waals surface area contributed by atoms with Gasteiger partial charge in [0.2, 0.25) is 0 Å². The van der Waals surface area contributed by atoms with Gasteiger partial charge in [0.25, 0.3) is 0 Å². The van der Waals surface area contributed by atoms with Crippen LogP contribution in [0.1, 0.15) is 22.8 Å². The van der Waals surface area contributed by atoms with E-state index in [2.05, 4.69) is 15.3 Å². The van der Waals surface area contributed by atoms with Gasteiger partial charge in [-0.1, -0.05) is 36.4 Å². The number of benzene rings is 2. The fraction of sp³-hybridized carbons (Fsp3) is 0.150. The van der Waals surface area contributed by atoms with Gasteiger partial charge in [0.1, 0.15) is 5.82 Å². The second-order valence-electron chi connectivity index (χ2n) is 6.47. The Morgan fingerprint density at radius 1 is 1.00 bits per heavy atom. The van der Waals surface area contributed by atoms with E-state index in [1.165, 1.54) is 12.1 Å². The van der Waals surface area contributed by atoms with Gasteiger partial charge in [-0.25, -0.2) is 18.4 Å². The second-order valence-corrected chi connectivity index (χ2v) is 8.40. The molecule has 1 heterocycles. The number of rotatable bonds is 5. The monoisotopic (exact) mass is 435 g/mol. The summed E-state index contributed by atoms with van der Waals surface area (Å²) >= 11 is 0. The number of hydrogen-bond donors (Lipinski definition) is 1. The molecule has 0 aliphatic rings. The van der Waals surface area contributed by atoms with Crippen molar-refractivity contribution in [3.8, 4) is 11.4 Å². The number of aromatic nitrogens is 2. The summed E-state index contributed by atoms with van der Waals surface area (Å²) in [5.74, 6) is -0.837. The zero-order chi connectivity index (χ0) is 22.1. The summed E-state index contributed by atoms with van der Waals surface area (Å²) in [5.41, 5.74) is -0.763. The van der Waals surface area contributed by atoms with E-state index in [1.807, 2.05) is 0 Å². The molecule has 156 valence electrons. The summed E-state index contributed by atoms with van der Waals surface area (Å²) in [5, 5.41) is 2.15. The molecule has 30 heavy (non-hydrogen) atoms. The van der Waals surface area contributed by atoms with E-state index >= 15 is 0 Å². The second kappa shape index (κ2) is 7.86. The van der Waals surface area contributed by atoms with Crippen molar-refractivity contribution >= 4 is 27.1 Å². The van der Waals surface area contributed by atoms with Crippen LogP contribution >= 0.6 is 0 Å². The minimum Gasteiger partial charge on any atom is -0.339 e. The molecule has 2 aromatic carbocycles. The van der Waals surface area contributed by atoms with Crippen LogP contribution in [-0.4, -0.2) is 30.4 Å². The third-order valence-corrected chi connectivity index (χ3v) is 5.06. The summed E-state index contributed by atoms with van der Waals surface area (Å²) in [6.07, 6.45) is -3.68. The normalized spacial score (nSPS) is 11.9. The molecular formula is C20H16F3N3O3S. The predicted octanol–water partition coefficient (Wildman–Crippen LogP) is 4.51. The number of carbonyl (C=O) groups is 1. The highest BCUT2D eigenvalue weighted by Gasteiger charge is 2.31. The highest BCUT2D eigenvalue weighted by atomic mass is 32.2. The van der Waals surface area contributed by atoms with E-state index in [0.29, 0.717) is 5.56 Å². The smallest absolute Gasteiger partial charge is 0.339 e. The number of Topliss-reactive ketones (excluding diaryl/α,β-unsaturated/α-hetero) is 1. The summed E-state index contributed by atoms with van der Waals surface area (Å²) < 4.78 is 63.7. The molecule has 0 aliphatic carbocycles. The Balaban J connectivity index is 2.23. The number of alkyl halides is 3. The number of hydrogen-bond acceptors (Lipinski definition) is 6. The Kier molecular flexibility index (Phi) is 5.62. The van der Waals surface area contributed by atoms with Gasteiger partial charge in [-0.3, -0.25) is 4.79 Å². The summed E-state index contributed by atoms with van der Waals surface area (Å²) in [4.78, 5) is 20.5. The molecule has 0 bridgehead atoms. The average molecular weight is 435 g/mol. The van der Waals surface area contributed by atoms with Crippen molar-refractivity contribution < 1.29 is 26.4 Å². The first-order chi connectivity index (χ1) is 14.0. The van der Waals surface area contributed by atoms with Crippen LogP contribution < -0.4 is 5.32 Å². The van der Waals surface area contributed by atoms with Crippen molar-refractivity contribution in [1.82, 2.24) is 9.97 Å². The molecule has 0 amide bonds. The SMILES string of the molecule is CC(=O)c1c(Nc2cccc(C(F)(F)F)c2)nc(-c2ccccc2)nc1S(C)(=O)=O. The maximum absolute atomic E-state index is 13.0. The van der Waals surface area contributed by atoms with Crippen molar-refractivity contribution in [2.75, 3.05) is 11.6 Å². The summed E-state index contributed by atoms with van der Waals surface area (Å²) in [7, 11) is -3.95. The minimum absolute atomic E-state index is 0.00972. The Labute approximate surface area is 170 Å². The number of halogens is 3. The number of sulfone groups is 1. The molecule has 3 aromatic rings. The molecule has 0 saturated heterocycles. The topological polar surface area (TPSA) is 89.0 Å². The van der Waals surface area contributed by atoms with Gasteiger partial charge >= 0.3 is 6.18 Å². The van der Waals surface area contributed by atoms with Gasteiger partial charge in [-0.05, 0) is 25.1 Å². The first-order valence-corrected chi connectivity index (χ1v) is 10.5. The lowest BCUT2D eigenvalue weighted by atomic mass is 10.1. The molecule has 0 atom stereocenters. The molecule has 10 heteroatoms. The van der Waals surface area contributed by atoms with Crippen LogP contribution in [0.3, 0.4) is 0 Å². The minimum atomic E-state index is -4.57. The molecule has 1 aromatic heterocycles. The lowest BCUT2D eigenvalue weighted by Crippen LogP contribution is -2.15. The molecule has 0 aliphatic heterocycles. The molecule has 0 radical (unpaired) electrons. The number of nitrogens with one attached hydrogen (secondary N) is 1. The van der Waals surface area contributed by atoms with Crippen molar-refractivity contribution in [2.24, 2.45) is 0 Å². The van der Waals surface area contributed by atoms with Crippen molar-refractivity contribution in [2.45, 2.75) is 18.1 Å². The van der Waals surface area contributed by atoms with Crippen LogP contribution in [0, 0.1) is 0 Å². The average Bonchev–Trinajstić information content (AvgIpc) is 2.66. The van der Waals surface area contributed by atoms with Crippen LogP contribution in [0.25, 0.3) is 11.4 Å². The van der Waals surface area contributed by atoms with Crippen LogP contribution in [0.2, 0.25) is 0 Å². The van der Waals surface area contributed by atoms with Gasteiger partial charge < -0.3 is 5.32 Å². The van der Waals surface area contributed by atoms with Gasteiger partial charge in [0.15, 0.2) is 26.5 Å². The highest BCUT2D eigenvalue weighted by molar-refractivity contribution is 7.90. The van der Waals surface area contributed by atoms with Crippen LogP contribution in [0.5, 0.6) is 0 Å². The third kappa shape index (κ3) is 4.65. The van der Waals surface area contributed by atoms with Crippen LogP contribution in [-0.2, 0) is 16.0 Å². The van der Waals surface area contributed by atoms with Gasteiger partial charge in [0, 0.05) is 17.5 Å². The van der Waals surface area contributed by atoms with Gasteiger partial charge in [0.05, 0.1) is 11.1 Å².